The van der Waals surface area contributed by atoms with Crippen LogP contribution >= 0.6 is 0 Å². The van der Waals surface area contributed by atoms with E-state index in [1.807, 2.05) is 0 Å². The van der Waals surface area contributed by atoms with Crippen LogP contribution in [0, 0.1) is 0 Å². The summed E-state index contributed by atoms with van der Waals surface area (Å²) in [6.07, 6.45) is 5.74. The largest absolute Gasteiger partial charge is 0.470 e. The van der Waals surface area contributed by atoms with Gasteiger partial charge in [0.1, 0.15) is 6.10 Å². The fraction of sp³-hybridized carbons (Fsp3) is 0.412. The number of fused-ring (bicyclic) bond motifs is 1. The number of hydrogen-bond acceptors (Lipinski definition) is 5. The highest BCUT2D eigenvalue weighted by molar-refractivity contribution is 5.69. The molecule has 0 aliphatic carbocycles. The molecule has 1 aromatic heterocycles. The Kier molecular flexibility index (Phi) is 3.42. The fourth-order valence-electron chi connectivity index (χ4n) is 3.29. The van der Waals surface area contributed by atoms with Gasteiger partial charge in [-0.1, -0.05) is 18.2 Å². The van der Waals surface area contributed by atoms with Crippen molar-refractivity contribution in [1.29, 1.82) is 0 Å². The average Bonchev–Trinajstić information content (AvgIpc) is 3.14. The SMILES string of the molecule is CN1CCC(Oc2nccnc2N2CCc3ccccc32)C1. The second-order valence-corrected chi connectivity index (χ2v) is 6.01. The molecule has 2 aliphatic heterocycles. The number of nitrogens with zero attached hydrogens (tertiary/aromatic N) is 4. The molecule has 1 saturated heterocycles. The Bertz CT molecular complexity index is 675. The number of rotatable bonds is 3. The van der Waals surface area contributed by atoms with Gasteiger partial charge in [0, 0.05) is 37.7 Å². The maximum atomic E-state index is 6.15. The van der Waals surface area contributed by atoms with E-state index >= 15 is 0 Å². The lowest BCUT2D eigenvalue weighted by atomic mass is 10.2. The third-order valence-corrected chi connectivity index (χ3v) is 4.42. The van der Waals surface area contributed by atoms with E-state index in [0.717, 1.165) is 38.3 Å². The Balaban J connectivity index is 1.63. The van der Waals surface area contributed by atoms with Crippen molar-refractivity contribution in [3.63, 3.8) is 0 Å². The Labute approximate surface area is 130 Å². The van der Waals surface area contributed by atoms with Crippen LogP contribution in [0.4, 0.5) is 11.5 Å². The molecular formula is C17H20N4O. The van der Waals surface area contributed by atoms with Gasteiger partial charge in [-0.05, 0) is 31.5 Å². The molecule has 5 nitrogen and oxygen atoms in total. The maximum absolute atomic E-state index is 6.15. The zero-order valence-corrected chi connectivity index (χ0v) is 12.8. The van der Waals surface area contributed by atoms with Crippen LogP contribution in [0.1, 0.15) is 12.0 Å². The summed E-state index contributed by atoms with van der Waals surface area (Å²) in [6, 6.07) is 8.48. The third-order valence-electron chi connectivity index (χ3n) is 4.42. The number of aromatic nitrogens is 2. The van der Waals surface area contributed by atoms with Crippen molar-refractivity contribution in [1.82, 2.24) is 14.9 Å². The second kappa shape index (κ2) is 5.57. The molecular weight excluding hydrogens is 276 g/mol. The molecule has 2 aromatic rings. The summed E-state index contributed by atoms with van der Waals surface area (Å²) in [5.74, 6) is 1.49. The van der Waals surface area contributed by atoms with E-state index in [4.69, 9.17) is 4.74 Å². The minimum atomic E-state index is 0.207. The smallest absolute Gasteiger partial charge is 0.258 e. The van der Waals surface area contributed by atoms with Crippen molar-refractivity contribution in [2.24, 2.45) is 0 Å². The molecule has 114 valence electrons. The van der Waals surface area contributed by atoms with Crippen LogP contribution in [-0.4, -0.2) is 47.7 Å². The topological polar surface area (TPSA) is 41.5 Å². The molecule has 1 atom stereocenters. The van der Waals surface area contributed by atoms with Crippen LogP contribution in [0.3, 0.4) is 0 Å². The molecule has 0 amide bonds. The first-order chi connectivity index (χ1) is 10.8. The number of ether oxygens (including phenoxy) is 1. The predicted octanol–water partition coefficient (Wildman–Crippen LogP) is 2.25. The Morgan fingerprint density at radius 1 is 1.14 bits per heavy atom. The van der Waals surface area contributed by atoms with Crippen LogP contribution < -0.4 is 9.64 Å². The van der Waals surface area contributed by atoms with Crippen molar-refractivity contribution in [3.05, 3.63) is 42.2 Å². The number of hydrogen-bond donors (Lipinski definition) is 0. The number of para-hydroxylation sites is 1. The lowest BCUT2D eigenvalue weighted by molar-refractivity contribution is 0.200. The molecule has 3 heterocycles. The zero-order valence-electron chi connectivity index (χ0n) is 12.8. The van der Waals surface area contributed by atoms with E-state index in [-0.39, 0.29) is 6.10 Å². The Morgan fingerprint density at radius 2 is 2.00 bits per heavy atom. The summed E-state index contributed by atoms with van der Waals surface area (Å²) in [6.45, 7) is 2.96. The molecule has 1 aromatic carbocycles. The van der Waals surface area contributed by atoms with E-state index < -0.39 is 0 Å². The average molecular weight is 296 g/mol. The number of likely N-dealkylation sites (tertiary alicyclic amines) is 1. The predicted molar refractivity (Wildman–Crippen MR) is 85.7 cm³/mol. The monoisotopic (exact) mass is 296 g/mol. The van der Waals surface area contributed by atoms with E-state index in [2.05, 4.69) is 51.1 Å². The summed E-state index contributed by atoms with van der Waals surface area (Å²) < 4.78 is 6.15. The summed E-state index contributed by atoms with van der Waals surface area (Å²) in [5.41, 5.74) is 2.58. The van der Waals surface area contributed by atoms with Gasteiger partial charge in [0.2, 0.25) is 0 Å². The molecule has 1 unspecified atom stereocenters. The first kappa shape index (κ1) is 13.5. The van der Waals surface area contributed by atoms with Crippen LogP contribution in [0.25, 0.3) is 0 Å². The lowest BCUT2D eigenvalue weighted by Gasteiger charge is -2.22. The highest BCUT2D eigenvalue weighted by Gasteiger charge is 2.27. The summed E-state index contributed by atoms with van der Waals surface area (Å²) in [5, 5.41) is 0. The molecule has 0 radical (unpaired) electrons. The number of likely N-dealkylation sites (N-methyl/N-ethyl adjacent to an activating group) is 1. The summed E-state index contributed by atoms with van der Waals surface area (Å²) >= 11 is 0. The highest BCUT2D eigenvalue weighted by Crippen LogP contribution is 2.37. The maximum Gasteiger partial charge on any atom is 0.258 e. The van der Waals surface area contributed by atoms with Gasteiger partial charge >= 0.3 is 0 Å². The van der Waals surface area contributed by atoms with Crippen LogP contribution in [0.5, 0.6) is 5.88 Å². The lowest BCUT2D eigenvalue weighted by Crippen LogP contribution is -2.24. The molecule has 2 aliphatic rings. The quantitative estimate of drug-likeness (QED) is 0.869. The second-order valence-electron chi connectivity index (χ2n) is 6.01. The number of benzene rings is 1. The zero-order chi connectivity index (χ0) is 14.9. The van der Waals surface area contributed by atoms with Gasteiger partial charge in [-0.2, -0.15) is 0 Å². The molecule has 22 heavy (non-hydrogen) atoms. The van der Waals surface area contributed by atoms with E-state index in [1.165, 1.54) is 11.3 Å². The molecule has 1 fully saturated rings. The van der Waals surface area contributed by atoms with Crippen LogP contribution in [-0.2, 0) is 6.42 Å². The van der Waals surface area contributed by atoms with Gasteiger partial charge in [0.15, 0.2) is 5.82 Å². The van der Waals surface area contributed by atoms with Crippen molar-refractivity contribution in [2.45, 2.75) is 18.9 Å². The fourth-order valence-corrected chi connectivity index (χ4v) is 3.29. The normalized spacial score (nSPS) is 21.1. The molecule has 4 rings (SSSR count). The molecule has 0 N–H and O–H groups in total. The van der Waals surface area contributed by atoms with Gasteiger partial charge in [0.25, 0.3) is 5.88 Å². The molecule has 0 spiro atoms. The Hall–Kier alpha value is -2.14. The van der Waals surface area contributed by atoms with Gasteiger partial charge in [-0.15, -0.1) is 0 Å². The molecule has 0 bridgehead atoms. The third kappa shape index (κ3) is 2.41. The van der Waals surface area contributed by atoms with Crippen LogP contribution in [0.15, 0.2) is 36.7 Å². The first-order valence-electron chi connectivity index (χ1n) is 7.83. The minimum Gasteiger partial charge on any atom is -0.470 e. The van der Waals surface area contributed by atoms with Gasteiger partial charge in [-0.25, -0.2) is 9.97 Å². The van der Waals surface area contributed by atoms with E-state index in [0.29, 0.717) is 5.88 Å². The standard InChI is InChI=1S/C17H20N4O/c1-20-10-7-14(12-20)22-17-16(18-8-9-19-17)21-11-6-13-4-2-3-5-15(13)21/h2-5,8-9,14H,6-7,10-12H2,1H3. The summed E-state index contributed by atoms with van der Waals surface area (Å²) in [4.78, 5) is 13.5. The van der Waals surface area contributed by atoms with Crippen molar-refractivity contribution in [2.75, 3.05) is 31.6 Å². The first-order valence-corrected chi connectivity index (χ1v) is 7.83. The molecule has 0 saturated carbocycles. The van der Waals surface area contributed by atoms with E-state index in [9.17, 15) is 0 Å². The summed E-state index contributed by atoms with van der Waals surface area (Å²) in [7, 11) is 2.12. The van der Waals surface area contributed by atoms with Gasteiger partial charge < -0.3 is 14.5 Å². The molecule has 5 heteroatoms. The van der Waals surface area contributed by atoms with E-state index in [1.54, 1.807) is 12.4 Å². The van der Waals surface area contributed by atoms with Crippen molar-refractivity contribution >= 4 is 11.5 Å². The van der Waals surface area contributed by atoms with Crippen molar-refractivity contribution in [3.8, 4) is 5.88 Å². The van der Waals surface area contributed by atoms with Gasteiger partial charge in [0.05, 0.1) is 0 Å². The van der Waals surface area contributed by atoms with Gasteiger partial charge in [-0.3, -0.25) is 0 Å². The Morgan fingerprint density at radius 3 is 2.86 bits per heavy atom. The number of anilines is 2. The highest BCUT2D eigenvalue weighted by atomic mass is 16.5. The van der Waals surface area contributed by atoms with Crippen molar-refractivity contribution < 1.29 is 4.74 Å². The van der Waals surface area contributed by atoms with Crippen LogP contribution in [0.2, 0.25) is 0 Å². The minimum absolute atomic E-state index is 0.207.